The van der Waals surface area contributed by atoms with E-state index in [2.05, 4.69) is 0 Å². The number of halogens is 1. The van der Waals surface area contributed by atoms with Crippen molar-refractivity contribution in [2.75, 3.05) is 11.9 Å². The summed E-state index contributed by atoms with van der Waals surface area (Å²) in [5, 5.41) is 9.72. The van der Waals surface area contributed by atoms with Gasteiger partial charge in [-0.25, -0.2) is 0 Å². The second-order valence-electron chi connectivity index (χ2n) is 3.90. The molecule has 0 aliphatic carbocycles. The molecule has 0 amide bonds. The van der Waals surface area contributed by atoms with Crippen LogP contribution in [0.4, 0.5) is 5.69 Å². The standard InChI is InChI=1S/C13H12ClNO3/c1-15(11-5-3-2-4-10(11)14)7-9-6-12(16)13(17)8-18-9/h2-6,8,17H,7H2,1H3. The highest BCUT2D eigenvalue weighted by Gasteiger charge is 2.08. The lowest BCUT2D eigenvalue weighted by atomic mass is 10.3. The molecule has 1 aromatic heterocycles. The van der Waals surface area contributed by atoms with Gasteiger partial charge >= 0.3 is 0 Å². The van der Waals surface area contributed by atoms with Crippen molar-refractivity contribution in [2.45, 2.75) is 6.54 Å². The molecule has 0 fully saturated rings. The van der Waals surface area contributed by atoms with E-state index in [4.69, 9.17) is 21.1 Å². The summed E-state index contributed by atoms with van der Waals surface area (Å²) in [7, 11) is 1.84. The molecule has 1 aromatic carbocycles. The summed E-state index contributed by atoms with van der Waals surface area (Å²) in [6.07, 6.45) is 1.04. The van der Waals surface area contributed by atoms with Crippen LogP contribution in [0.25, 0.3) is 0 Å². The van der Waals surface area contributed by atoms with Crippen LogP contribution in [0.1, 0.15) is 5.76 Å². The maximum absolute atomic E-state index is 11.3. The molecule has 0 saturated carbocycles. The molecule has 0 saturated heterocycles. The fraction of sp³-hybridized carbons (Fsp3) is 0.154. The van der Waals surface area contributed by atoms with Crippen molar-refractivity contribution in [1.29, 1.82) is 0 Å². The number of benzene rings is 1. The van der Waals surface area contributed by atoms with Crippen molar-refractivity contribution in [1.82, 2.24) is 0 Å². The van der Waals surface area contributed by atoms with E-state index in [-0.39, 0.29) is 5.75 Å². The van der Waals surface area contributed by atoms with E-state index in [0.29, 0.717) is 17.3 Å². The van der Waals surface area contributed by atoms with Crippen LogP contribution in [0.3, 0.4) is 0 Å². The molecular weight excluding hydrogens is 254 g/mol. The number of hydrogen-bond acceptors (Lipinski definition) is 4. The molecule has 0 spiro atoms. The number of para-hydroxylation sites is 1. The average molecular weight is 266 g/mol. The summed E-state index contributed by atoms with van der Waals surface area (Å²) in [4.78, 5) is 13.1. The van der Waals surface area contributed by atoms with Gasteiger partial charge in [0, 0.05) is 13.1 Å². The van der Waals surface area contributed by atoms with Gasteiger partial charge in [-0.3, -0.25) is 4.79 Å². The number of nitrogens with zero attached hydrogens (tertiary/aromatic N) is 1. The Morgan fingerprint density at radius 3 is 2.78 bits per heavy atom. The maximum atomic E-state index is 11.3. The molecule has 0 aliphatic heterocycles. The Labute approximate surface area is 109 Å². The molecule has 1 N–H and O–H groups in total. The molecule has 0 unspecified atom stereocenters. The third kappa shape index (κ3) is 2.65. The van der Waals surface area contributed by atoms with Crippen molar-refractivity contribution < 1.29 is 9.52 Å². The predicted molar refractivity (Wildman–Crippen MR) is 70.2 cm³/mol. The lowest BCUT2D eigenvalue weighted by molar-refractivity contribution is 0.412. The summed E-state index contributed by atoms with van der Waals surface area (Å²) in [6.45, 7) is 0.388. The van der Waals surface area contributed by atoms with E-state index in [1.54, 1.807) is 6.07 Å². The molecule has 0 aliphatic rings. The molecule has 94 valence electrons. The van der Waals surface area contributed by atoms with E-state index in [9.17, 15) is 4.79 Å². The summed E-state index contributed by atoms with van der Waals surface area (Å²) < 4.78 is 5.14. The van der Waals surface area contributed by atoms with Gasteiger partial charge in [-0.15, -0.1) is 0 Å². The van der Waals surface area contributed by atoms with Crippen LogP contribution in [0, 0.1) is 0 Å². The smallest absolute Gasteiger partial charge is 0.226 e. The van der Waals surface area contributed by atoms with E-state index >= 15 is 0 Å². The zero-order chi connectivity index (χ0) is 13.1. The van der Waals surface area contributed by atoms with Crippen LogP contribution >= 0.6 is 11.6 Å². The van der Waals surface area contributed by atoms with E-state index < -0.39 is 5.43 Å². The molecule has 1 heterocycles. The summed E-state index contributed by atoms with van der Waals surface area (Å²) >= 11 is 6.07. The van der Waals surface area contributed by atoms with Gasteiger partial charge in [-0.05, 0) is 12.1 Å². The SMILES string of the molecule is CN(Cc1cc(=O)c(O)co1)c1ccccc1Cl. The van der Waals surface area contributed by atoms with Gasteiger partial charge in [0.1, 0.15) is 12.0 Å². The van der Waals surface area contributed by atoms with E-state index in [1.165, 1.54) is 6.07 Å². The highest BCUT2D eigenvalue weighted by molar-refractivity contribution is 6.33. The third-order valence-corrected chi connectivity index (χ3v) is 2.84. The van der Waals surface area contributed by atoms with Crippen molar-refractivity contribution in [3.63, 3.8) is 0 Å². The van der Waals surface area contributed by atoms with Gasteiger partial charge < -0.3 is 14.4 Å². The molecule has 0 bridgehead atoms. The predicted octanol–water partition coefficient (Wildman–Crippen LogP) is 2.64. The average Bonchev–Trinajstić information content (AvgIpc) is 2.34. The summed E-state index contributed by atoms with van der Waals surface area (Å²) in [5.74, 6) is 0.0689. The van der Waals surface area contributed by atoms with Gasteiger partial charge in [-0.2, -0.15) is 0 Å². The molecule has 18 heavy (non-hydrogen) atoms. The normalized spacial score (nSPS) is 10.3. The fourth-order valence-electron chi connectivity index (χ4n) is 1.61. The van der Waals surface area contributed by atoms with Gasteiger partial charge in [0.15, 0.2) is 5.75 Å². The van der Waals surface area contributed by atoms with Gasteiger partial charge in [-0.1, -0.05) is 23.7 Å². The lowest BCUT2D eigenvalue weighted by Crippen LogP contribution is -2.17. The summed E-state index contributed by atoms with van der Waals surface area (Å²) in [6, 6.07) is 8.66. The molecule has 2 aromatic rings. The number of aromatic hydroxyl groups is 1. The van der Waals surface area contributed by atoms with Crippen LogP contribution in [-0.4, -0.2) is 12.2 Å². The lowest BCUT2D eigenvalue weighted by Gasteiger charge is -2.19. The van der Waals surface area contributed by atoms with Crippen molar-refractivity contribution in [3.8, 4) is 5.75 Å². The third-order valence-electron chi connectivity index (χ3n) is 2.52. The highest BCUT2D eigenvalue weighted by atomic mass is 35.5. The van der Waals surface area contributed by atoms with Crippen molar-refractivity contribution in [3.05, 3.63) is 57.6 Å². The topological polar surface area (TPSA) is 53.7 Å². The van der Waals surface area contributed by atoms with Crippen molar-refractivity contribution >= 4 is 17.3 Å². The zero-order valence-corrected chi connectivity index (χ0v) is 10.5. The number of rotatable bonds is 3. The first-order valence-electron chi connectivity index (χ1n) is 5.34. The Balaban J connectivity index is 2.21. The van der Waals surface area contributed by atoms with E-state index in [0.717, 1.165) is 12.0 Å². The van der Waals surface area contributed by atoms with Crippen LogP contribution in [-0.2, 0) is 6.54 Å². The van der Waals surface area contributed by atoms with Gasteiger partial charge in [0.2, 0.25) is 5.43 Å². The van der Waals surface area contributed by atoms with Crippen LogP contribution in [0.5, 0.6) is 5.75 Å². The minimum atomic E-state index is -0.455. The first-order chi connectivity index (χ1) is 8.58. The summed E-state index contributed by atoms with van der Waals surface area (Å²) in [5.41, 5.74) is 0.388. The Bertz CT molecular complexity index is 609. The minimum Gasteiger partial charge on any atom is -0.502 e. The first kappa shape index (κ1) is 12.5. The Kier molecular flexibility index (Phi) is 3.58. The van der Waals surface area contributed by atoms with Crippen LogP contribution in [0.2, 0.25) is 5.02 Å². The second kappa shape index (κ2) is 5.14. The van der Waals surface area contributed by atoms with Crippen LogP contribution in [0.15, 0.2) is 45.8 Å². The van der Waals surface area contributed by atoms with Crippen LogP contribution < -0.4 is 10.3 Å². The molecule has 5 heteroatoms. The largest absolute Gasteiger partial charge is 0.502 e. The monoisotopic (exact) mass is 265 g/mol. The fourth-order valence-corrected chi connectivity index (χ4v) is 1.89. The Morgan fingerprint density at radius 1 is 1.39 bits per heavy atom. The quantitative estimate of drug-likeness (QED) is 0.927. The first-order valence-corrected chi connectivity index (χ1v) is 5.72. The van der Waals surface area contributed by atoms with Gasteiger partial charge in [0.05, 0.1) is 17.3 Å². The number of anilines is 1. The molecule has 0 radical (unpaired) electrons. The van der Waals surface area contributed by atoms with E-state index in [1.807, 2.05) is 30.1 Å². The number of hydrogen-bond donors (Lipinski definition) is 1. The Morgan fingerprint density at radius 2 is 2.11 bits per heavy atom. The second-order valence-corrected chi connectivity index (χ2v) is 4.31. The zero-order valence-electron chi connectivity index (χ0n) is 9.76. The van der Waals surface area contributed by atoms with Crippen molar-refractivity contribution in [2.24, 2.45) is 0 Å². The highest BCUT2D eigenvalue weighted by Crippen LogP contribution is 2.25. The molecule has 0 atom stereocenters. The molecule has 4 nitrogen and oxygen atoms in total. The molecule has 2 rings (SSSR count). The Hall–Kier alpha value is -1.94. The van der Waals surface area contributed by atoms with Gasteiger partial charge in [0.25, 0.3) is 0 Å². The minimum absolute atomic E-state index is 0.388. The molecular formula is C13H12ClNO3. The maximum Gasteiger partial charge on any atom is 0.226 e.